The molecule has 1 fully saturated rings. The molecule has 3 N–H and O–H groups in total. The Morgan fingerprint density at radius 1 is 1.24 bits per heavy atom. The van der Waals surface area contributed by atoms with Gasteiger partial charge in [-0.15, -0.1) is 0 Å². The number of benzene rings is 1. The smallest absolute Gasteiger partial charge is 0.231 e. The number of likely N-dealkylation sites (tertiary alicyclic amines) is 1. The summed E-state index contributed by atoms with van der Waals surface area (Å²) in [6.07, 6.45) is 1.42. The minimum atomic E-state index is -0.339. The summed E-state index contributed by atoms with van der Waals surface area (Å²) < 4.78 is 0. The fourth-order valence-electron chi connectivity index (χ4n) is 2.39. The maximum Gasteiger partial charge on any atom is 0.231 e. The summed E-state index contributed by atoms with van der Waals surface area (Å²) in [5, 5.41) is 3.70. The molecule has 114 valence electrons. The molecule has 5 nitrogen and oxygen atoms in total. The van der Waals surface area contributed by atoms with E-state index in [0.717, 1.165) is 0 Å². The monoisotopic (exact) mass is 329 g/mol. The van der Waals surface area contributed by atoms with Crippen molar-refractivity contribution >= 4 is 40.7 Å². The Morgan fingerprint density at radius 2 is 1.90 bits per heavy atom. The van der Waals surface area contributed by atoms with Gasteiger partial charge >= 0.3 is 0 Å². The van der Waals surface area contributed by atoms with Gasteiger partial charge in [-0.1, -0.05) is 23.2 Å². The van der Waals surface area contributed by atoms with E-state index in [1.807, 2.05) is 4.90 Å². The Hall–Kier alpha value is -1.30. The van der Waals surface area contributed by atoms with Crippen molar-refractivity contribution in [1.82, 2.24) is 4.90 Å². The first-order valence-corrected chi connectivity index (χ1v) is 7.48. The lowest BCUT2D eigenvalue weighted by Gasteiger charge is -2.30. The minimum absolute atomic E-state index is 0.0351. The molecule has 0 aliphatic carbocycles. The van der Waals surface area contributed by atoms with Crippen LogP contribution in [-0.4, -0.2) is 36.3 Å². The number of halogens is 2. The van der Waals surface area contributed by atoms with Gasteiger partial charge in [-0.2, -0.15) is 0 Å². The lowest BCUT2D eigenvalue weighted by molar-refractivity contribution is -0.122. The molecule has 0 spiro atoms. The van der Waals surface area contributed by atoms with E-state index >= 15 is 0 Å². The van der Waals surface area contributed by atoms with E-state index < -0.39 is 0 Å². The molecule has 2 rings (SSSR count). The highest BCUT2D eigenvalue weighted by atomic mass is 35.5. The van der Waals surface area contributed by atoms with Crippen molar-refractivity contribution in [3.05, 3.63) is 28.2 Å². The molecule has 21 heavy (non-hydrogen) atoms. The second-order valence-corrected chi connectivity index (χ2v) is 5.95. The standard InChI is InChI=1S/C14H17Cl2N3O2/c15-11-2-1-10(7-12(11)16)18-14(21)9-3-5-19(6-4-9)8-13(17)20/h1-2,7,9H,3-6,8H2,(H2,17,20)(H,18,21). The van der Waals surface area contributed by atoms with E-state index in [1.54, 1.807) is 18.2 Å². The van der Waals surface area contributed by atoms with Crippen LogP contribution in [0.3, 0.4) is 0 Å². The highest BCUT2D eigenvalue weighted by molar-refractivity contribution is 6.42. The lowest BCUT2D eigenvalue weighted by Crippen LogP contribution is -2.42. The average molecular weight is 330 g/mol. The van der Waals surface area contributed by atoms with Gasteiger partial charge in [-0.05, 0) is 44.1 Å². The van der Waals surface area contributed by atoms with Crippen molar-refractivity contribution in [2.24, 2.45) is 11.7 Å². The summed E-state index contributed by atoms with van der Waals surface area (Å²) in [6, 6.07) is 4.99. The molecule has 2 amide bonds. The molecule has 1 aromatic carbocycles. The number of nitrogens with zero attached hydrogens (tertiary/aromatic N) is 1. The topological polar surface area (TPSA) is 75.4 Å². The summed E-state index contributed by atoms with van der Waals surface area (Å²) in [5.74, 6) is -0.440. The number of anilines is 1. The maximum absolute atomic E-state index is 12.2. The Bertz CT molecular complexity index is 543. The van der Waals surface area contributed by atoms with E-state index in [-0.39, 0.29) is 24.3 Å². The highest BCUT2D eigenvalue weighted by Gasteiger charge is 2.25. The van der Waals surface area contributed by atoms with Crippen LogP contribution in [0.25, 0.3) is 0 Å². The second-order valence-electron chi connectivity index (χ2n) is 5.13. The molecule has 0 atom stereocenters. The van der Waals surface area contributed by atoms with Crippen LogP contribution in [0.15, 0.2) is 18.2 Å². The van der Waals surface area contributed by atoms with E-state index in [1.165, 1.54) is 0 Å². The van der Waals surface area contributed by atoms with Gasteiger partial charge in [0.25, 0.3) is 0 Å². The number of nitrogens with one attached hydrogen (secondary N) is 1. The van der Waals surface area contributed by atoms with Gasteiger partial charge in [-0.25, -0.2) is 0 Å². The first-order chi connectivity index (χ1) is 9.95. The number of hydrogen-bond acceptors (Lipinski definition) is 3. The molecule has 1 aliphatic heterocycles. The normalized spacial score (nSPS) is 16.7. The number of carbonyl (C=O) groups is 2. The summed E-state index contributed by atoms with van der Waals surface area (Å²) in [7, 11) is 0. The third kappa shape index (κ3) is 4.59. The van der Waals surface area contributed by atoms with Crippen LogP contribution in [0.1, 0.15) is 12.8 Å². The van der Waals surface area contributed by atoms with Gasteiger partial charge in [0, 0.05) is 11.6 Å². The summed E-state index contributed by atoms with van der Waals surface area (Å²) in [5.41, 5.74) is 5.80. The molecule has 0 aromatic heterocycles. The zero-order chi connectivity index (χ0) is 15.4. The largest absolute Gasteiger partial charge is 0.369 e. The molecule has 0 radical (unpaired) electrons. The van der Waals surface area contributed by atoms with Gasteiger partial charge in [0.05, 0.1) is 16.6 Å². The average Bonchev–Trinajstić information content (AvgIpc) is 2.43. The van der Waals surface area contributed by atoms with Crippen LogP contribution < -0.4 is 11.1 Å². The first-order valence-electron chi connectivity index (χ1n) is 6.72. The zero-order valence-electron chi connectivity index (χ0n) is 11.4. The molecular weight excluding hydrogens is 313 g/mol. The van der Waals surface area contributed by atoms with Crippen molar-refractivity contribution in [3.8, 4) is 0 Å². The third-order valence-corrected chi connectivity index (χ3v) is 4.26. The van der Waals surface area contributed by atoms with Crippen molar-refractivity contribution in [3.63, 3.8) is 0 Å². The number of carbonyl (C=O) groups excluding carboxylic acids is 2. The lowest BCUT2D eigenvalue weighted by atomic mass is 9.96. The molecule has 0 unspecified atom stereocenters. The highest BCUT2D eigenvalue weighted by Crippen LogP contribution is 2.26. The third-order valence-electron chi connectivity index (χ3n) is 3.52. The molecule has 1 aromatic rings. The maximum atomic E-state index is 12.2. The number of piperidine rings is 1. The number of rotatable bonds is 4. The van der Waals surface area contributed by atoms with Crippen LogP contribution in [0, 0.1) is 5.92 Å². The fraction of sp³-hybridized carbons (Fsp3) is 0.429. The first kappa shape index (κ1) is 16.1. The van der Waals surface area contributed by atoms with Gasteiger partial charge in [0.1, 0.15) is 0 Å². The van der Waals surface area contributed by atoms with Crippen molar-refractivity contribution in [2.75, 3.05) is 25.0 Å². The number of nitrogens with two attached hydrogens (primary N) is 1. The van der Waals surface area contributed by atoms with Gasteiger partial charge < -0.3 is 11.1 Å². The van der Waals surface area contributed by atoms with Crippen LogP contribution in [0.2, 0.25) is 10.0 Å². The van der Waals surface area contributed by atoms with E-state index in [4.69, 9.17) is 28.9 Å². The molecule has 1 aliphatic rings. The minimum Gasteiger partial charge on any atom is -0.369 e. The van der Waals surface area contributed by atoms with Crippen LogP contribution >= 0.6 is 23.2 Å². The Labute approximate surface area is 133 Å². The predicted molar refractivity (Wildman–Crippen MR) is 83.5 cm³/mol. The Morgan fingerprint density at radius 3 is 2.48 bits per heavy atom. The number of primary amides is 1. The number of hydrogen-bond donors (Lipinski definition) is 2. The zero-order valence-corrected chi connectivity index (χ0v) is 13.0. The van der Waals surface area contributed by atoms with Crippen LogP contribution in [0.5, 0.6) is 0 Å². The fourth-order valence-corrected chi connectivity index (χ4v) is 2.69. The predicted octanol–water partition coefficient (Wildman–Crippen LogP) is 2.13. The summed E-state index contributed by atoms with van der Waals surface area (Å²) in [4.78, 5) is 25.0. The molecule has 1 heterocycles. The SMILES string of the molecule is NC(=O)CN1CCC(C(=O)Nc2ccc(Cl)c(Cl)c2)CC1. The van der Waals surface area contributed by atoms with Gasteiger partial charge in [0.2, 0.25) is 11.8 Å². The summed E-state index contributed by atoms with van der Waals surface area (Å²) >= 11 is 11.8. The van der Waals surface area contributed by atoms with Gasteiger partial charge in [0.15, 0.2) is 0 Å². The van der Waals surface area contributed by atoms with E-state index in [9.17, 15) is 9.59 Å². The van der Waals surface area contributed by atoms with Gasteiger partial charge in [-0.3, -0.25) is 14.5 Å². The second kappa shape index (κ2) is 7.11. The molecule has 1 saturated heterocycles. The molecular formula is C14H17Cl2N3O2. The van der Waals surface area contributed by atoms with Crippen LogP contribution in [0.4, 0.5) is 5.69 Å². The van der Waals surface area contributed by atoms with Crippen molar-refractivity contribution < 1.29 is 9.59 Å². The molecule has 0 saturated carbocycles. The van der Waals surface area contributed by atoms with Crippen LogP contribution in [-0.2, 0) is 9.59 Å². The molecule has 7 heteroatoms. The Kier molecular flexibility index (Phi) is 5.45. The van der Waals surface area contributed by atoms with E-state index in [2.05, 4.69) is 5.32 Å². The van der Waals surface area contributed by atoms with Crippen molar-refractivity contribution in [1.29, 1.82) is 0 Å². The number of amides is 2. The quantitative estimate of drug-likeness (QED) is 0.888. The van der Waals surface area contributed by atoms with Crippen molar-refractivity contribution in [2.45, 2.75) is 12.8 Å². The summed E-state index contributed by atoms with van der Waals surface area (Å²) in [6.45, 7) is 1.64. The van der Waals surface area contributed by atoms with E-state index in [0.29, 0.717) is 41.7 Å². The Balaban J connectivity index is 1.87. The molecule has 0 bridgehead atoms.